The van der Waals surface area contributed by atoms with Crippen LogP contribution in [0, 0.1) is 0 Å². The maximum atomic E-state index is 12.8. The summed E-state index contributed by atoms with van der Waals surface area (Å²) in [6.07, 6.45) is 1.29. The Labute approximate surface area is 198 Å². The van der Waals surface area contributed by atoms with Gasteiger partial charge >= 0.3 is 11.9 Å². The normalized spacial score (nSPS) is 14.2. The van der Waals surface area contributed by atoms with Gasteiger partial charge < -0.3 is 42.6 Å². The van der Waals surface area contributed by atoms with E-state index in [1.54, 1.807) is 0 Å². The molecule has 0 radical (unpaired) electrons. The van der Waals surface area contributed by atoms with Crippen LogP contribution in [0.25, 0.3) is 0 Å². The summed E-state index contributed by atoms with van der Waals surface area (Å²) >= 11 is 3.82. The van der Waals surface area contributed by atoms with E-state index in [4.69, 9.17) is 21.7 Å². The number of primary amides is 1. The number of thiol groups is 1. The fourth-order valence-corrected chi connectivity index (χ4v) is 2.93. The second kappa shape index (κ2) is 13.8. The Balaban J connectivity index is 2.95. The zero-order chi connectivity index (χ0) is 25.8. The van der Waals surface area contributed by atoms with Gasteiger partial charge in [-0.3, -0.25) is 24.0 Å². The molecule has 4 unspecified atom stereocenters. The number of nitrogens with two attached hydrogens (primary N) is 2. The van der Waals surface area contributed by atoms with Gasteiger partial charge in [0.2, 0.25) is 23.6 Å². The number of carboxylic acid groups (broad SMARTS) is 2. The predicted octanol–water partition coefficient (Wildman–Crippen LogP) is -3.51. The van der Waals surface area contributed by atoms with Crippen LogP contribution in [0.5, 0.6) is 0 Å². The van der Waals surface area contributed by atoms with Crippen LogP contribution in [0.15, 0.2) is 12.5 Å². The number of carboxylic acids is 2. The number of aliphatic carboxylic acids is 2. The summed E-state index contributed by atoms with van der Waals surface area (Å²) in [6.45, 7) is 0. The lowest BCUT2D eigenvalue weighted by atomic mass is 10.1. The van der Waals surface area contributed by atoms with Crippen molar-refractivity contribution >= 4 is 48.2 Å². The van der Waals surface area contributed by atoms with E-state index >= 15 is 0 Å². The molecule has 0 saturated heterocycles. The average Bonchev–Trinajstić information content (AvgIpc) is 3.26. The van der Waals surface area contributed by atoms with Crippen molar-refractivity contribution in [3.63, 3.8) is 0 Å². The molecule has 0 aliphatic rings. The second-order valence-corrected chi connectivity index (χ2v) is 7.56. The molecule has 0 saturated carbocycles. The maximum absolute atomic E-state index is 12.8. The molecule has 15 nitrogen and oxygen atoms in total. The average molecular weight is 502 g/mol. The zero-order valence-electron chi connectivity index (χ0n) is 17.9. The topological polar surface area (TPSA) is 260 Å². The monoisotopic (exact) mass is 501 g/mol. The van der Waals surface area contributed by atoms with E-state index in [1.165, 1.54) is 12.5 Å². The van der Waals surface area contributed by atoms with Gasteiger partial charge in [-0.1, -0.05) is 0 Å². The maximum Gasteiger partial charge on any atom is 0.327 e. The molecule has 0 bridgehead atoms. The molecule has 0 aliphatic carbocycles. The molecule has 4 atom stereocenters. The lowest BCUT2D eigenvalue weighted by Gasteiger charge is -2.24. The quantitative estimate of drug-likeness (QED) is 0.107. The molecule has 1 aromatic heterocycles. The SMILES string of the molecule is NC(=O)CC(NC(=O)C(N)Cc1cnc[nH]1)C(=O)NC(CCC(=O)O)C(=O)NC(CS)C(=O)O. The Morgan fingerprint density at radius 1 is 1.00 bits per heavy atom. The van der Waals surface area contributed by atoms with E-state index in [1.807, 2.05) is 0 Å². The summed E-state index contributed by atoms with van der Waals surface area (Å²) in [5, 5.41) is 24.6. The molecule has 1 heterocycles. The number of carbonyl (C=O) groups excluding carboxylic acids is 4. The number of nitrogens with one attached hydrogen (secondary N) is 4. The highest BCUT2D eigenvalue weighted by Gasteiger charge is 2.31. The minimum atomic E-state index is -1.53. The fourth-order valence-electron chi connectivity index (χ4n) is 2.68. The number of aromatic amines is 1. The van der Waals surface area contributed by atoms with Gasteiger partial charge in [-0.25, -0.2) is 9.78 Å². The number of hydrogen-bond donors (Lipinski definition) is 9. The third kappa shape index (κ3) is 9.86. The lowest BCUT2D eigenvalue weighted by Crippen LogP contribution is -2.58. The molecular formula is C18H27N7O8S. The Bertz CT molecular complexity index is 895. The van der Waals surface area contributed by atoms with Gasteiger partial charge in [0.15, 0.2) is 0 Å². The molecule has 34 heavy (non-hydrogen) atoms. The van der Waals surface area contributed by atoms with Gasteiger partial charge in [-0.2, -0.15) is 12.6 Å². The van der Waals surface area contributed by atoms with Gasteiger partial charge in [0.25, 0.3) is 0 Å². The highest BCUT2D eigenvalue weighted by atomic mass is 32.1. The number of amides is 4. The standard InChI is InChI=1S/C18H27N7O8S/c19-9(3-8-5-21-7-22-8)15(29)24-11(4-13(20)26)17(31)23-10(1-2-14(27)28)16(30)25-12(6-34)18(32)33/h5,7,9-12,34H,1-4,6,19H2,(H2,20,26)(H,21,22)(H,23,31)(H,24,29)(H,25,30)(H,27,28)(H,32,33). The van der Waals surface area contributed by atoms with Crippen LogP contribution >= 0.6 is 12.6 Å². The summed E-state index contributed by atoms with van der Waals surface area (Å²) < 4.78 is 0. The first kappa shape index (κ1) is 28.4. The summed E-state index contributed by atoms with van der Waals surface area (Å²) in [5.74, 6) is -6.70. The molecule has 4 amide bonds. The summed E-state index contributed by atoms with van der Waals surface area (Å²) in [5.41, 5.74) is 11.5. The highest BCUT2D eigenvalue weighted by molar-refractivity contribution is 7.80. The number of hydrogen-bond acceptors (Lipinski definition) is 9. The predicted molar refractivity (Wildman–Crippen MR) is 118 cm³/mol. The molecule has 0 aliphatic heterocycles. The largest absolute Gasteiger partial charge is 0.481 e. The molecule has 10 N–H and O–H groups in total. The molecule has 0 fully saturated rings. The minimum absolute atomic E-state index is 0.0424. The van der Waals surface area contributed by atoms with Crippen molar-refractivity contribution in [1.82, 2.24) is 25.9 Å². The third-order valence-corrected chi connectivity index (χ3v) is 4.81. The smallest absolute Gasteiger partial charge is 0.327 e. The van der Waals surface area contributed by atoms with Crippen molar-refractivity contribution in [3.8, 4) is 0 Å². The number of rotatable bonds is 15. The van der Waals surface area contributed by atoms with Crippen LogP contribution in [0.2, 0.25) is 0 Å². The van der Waals surface area contributed by atoms with E-state index in [0.717, 1.165) is 0 Å². The van der Waals surface area contributed by atoms with E-state index in [0.29, 0.717) is 5.69 Å². The fraction of sp³-hybridized carbons (Fsp3) is 0.500. The van der Waals surface area contributed by atoms with Crippen molar-refractivity contribution in [2.24, 2.45) is 11.5 Å². The molecule has 188 valence electrons. The van der Waals surface area contributed by atoms with Crippen LogP contribution in [-0.2, 0) is 35.2 Å². The molecule has 16 heteroatoms. The van der Waals surface area contributed by atoms with E-state index in [2.05, 4.69) is 38.5 Å². The number of carbonyl (C=O) groups is 6. The van der Waals surface area contributed by atoms with Crippen molar-refractivity contribution in [3.05, 3.63) is 18.2 Å². The van der Waals surface area contributed by atoms with E-state index in [-0.39, 0.29) is 12.2 Å². The van der Waals surface area contributed by atoms with Crippen molar-refractivity contribution in [1.29, 1.82) is 0 Å². The highest BCUT2D eigenvalue weighted by Crippen LogP contribution is 2.04. The number of nitrogens with zero attached hydrogens (tertiary/aromatic N) is 1. The summed E-state index contributed by atoms with van der Waals surface area (Å²) in [4.78, 5) is 77.7. The number of imidazole rings is 1. The molecule has 1 aromatic rings. The van der Waals surface area contributed by atoms with Crippen molar-refractivity contribution < 1.29 is 39.0 Å². The van der Waals surface area contributed by atoms with Gasteiger partial charge in [0.05, 0.1) is 18.8 Å². The van der Waals surface area contributed by atoms with Crippen molar-refractivity contribution in [2.45, 2.75) is 49.9 Å². The molecular weight excluding hydrogens is 474 g/mol. The van der Waals surface area contributed by atoms with Crippen LogP contribution in [0.1, 0.15) is 25.0 Å². The van der Waals surface area contributed by atoms with Crippen molar-refractivity contribution in [2.75, 3.05) is 5.75 Å². The summed E-state index contributed by atoms with van der Waals surface area (Å²) in [6, 6.07) is -5.54. The second-order valence-electron chi connectivity index (χ2n) is 7.19. The Kier molecular flexibility index (Phi) is 11.5. The van der Waals surface area contributed by atoms with Crippen LogP contribution in [-0.4, -0.2) is 85.7 Å². The van der Waals surface area contributed by atoms with Gasteiger partial charge in [0, 0.05) is 30.5 Å². The van der Waals surface area contributed by atoms with E-state index in [9.17, 15) is 28.8 Å². The third-order valence-electron chi connectivity index (χ3n) is 4.45. The molecule has 1 rings (SSSR count). The van der Waals surface area contributed by atoms with Gasteiger partial charge in [-0.15, -0.1) is 0 Å². The first-order valence-corrected chi connectivity index (χ1v) is 10.6. The number of H-pyrrole nitrogens is 1. The van der Waals surface area contributed by atoms with Gasteiger partial charge in [-0.05, 0) is 6.42 Å². The van der Waals surface area contributed by atoms with Crippen LogP contribution < -0.4 is 27.4 Å². The molecule has 0 spiro atoms. The lowest BCUT2D eigenvalue weighted by molar-refractivity contribution is -0.142. The Morgan fingerprint density at radius 3 is 2.09 bits per heavy atom. The zero-order valence-corrected chi connectivity index (χ0v) is 18.8. The van der Waals surface area contributed by atoms with Gasteiger partial charge in [0.1, 0.15) is 18.1 Å². The van der Waals surface area contributed by atoms with Crippen LogP contribution in [0.4, 0.5) is 0 Å². The Hall–Kier alpha value is -3.66. The first-order chi connectivity index (χ1) is 15.9. The first-order valence-electron chi connectivity index (χ1n) is 9.92. The number of aromatic nitrogens is 2. The minimum Gasteiger partial charge on any atom is -0.481 e. The van der Waals surface area contributed by atoms with E-state index < -0.39 is 79.0 Å². The van der Waals surface area contributed by atoms with Crippen LogP contribution in [0.3, 0.4) is 0 Å². The Morgan fingerprint density at radius 2 is 1.59 bits per heavy atom. The molecule has 0 aromatic carbocycles. The summed E-state index contributed by atoms with van der Waals surface area (Å²) in [7, 11) is 0.